The molecule has 6 heteroatoms. The number of hydrogen-bond donors (Lipinski definition) is 1. The maximum atomic E-state index is 12.6. The minimum absolute atomic E-state index is 0.0301. The van der Waals surface area contributed by atoms with Crippen molar-refractivity contribution in [2.45, 2.75) is 38.3 Å². The zero-order chi connectivity index (χ0) is 13.9. The Morgan fingerprint density at radius 1 is 1.50 bits per heavy atom. The lowest BCUT2D eigenvalue weighted by atomic mass is 10.1. The van der Waals surface area contributed by atoms with Crippen LogP contribution in [-0.4, -0.2) is 52.6 Å². The Balaban J connectivity index is 1.79. The van der Waals surface area contributed by atoms with Gasteiger partial charge in [0.15, 0.2) is 0 Å². The number of carbonyl (C=O) groups excluding carboxylic acids is 1. The zero-order valence-electron chi connectivity index (χ0n) is 11.7. The first-order valence-corrected chi connectivity index (χ1v) is 7.28. The molecule has 1 saturated carbocycles. The molecule has 20 heavy (non-hydrogen) atoms. The molecule has 6 nitrogen and oxygen atoms in total. The van der Waals surface area contributed by atoms with E-state index in [0.717, 1.165) is 25.8 Å². The van der Waals surface area contributed by atoms with Crippen molar-refractivity contribution in [1.82, 2.24) is 14.9 Å². The van der Waals surface area contributed by atoms with Gasteiger partial charge < -0.3 is 15.0 Å². The third kappa shape index (κ3) is 2.47. The quantitative estimate of drug-likeness (QED) is 0.901. The van der Waals surface area contributed by atoms with Crippen LogP contribution in [0.2, 0.25) is 0 Å². The van der Waals surface area contributed by atoms with E-state index in [-0.39, 0.29) is 18.1 Å². The van der Waals surface area contributed by atoms with Crippen molar-refractivity contribution in [1.29, 1.82) is 0 Å². The number of amides is 1. The maximum Gasteiger partial charge on any atom is 0.274 e. The molecule has 108 valence electrons. The Morgan fingerprint density at radius 2 is 2.40 bits per heavy atom. The molecule has 2 aliphatic rings. The van der Waals surface area contributed by atoms with E-state index >= 15 is 0 Å². The largest absolute Gasteiger partial charge is 0.374 e. The fourth-order valence-corrected chi connectivity index (χ4v) is 3.06. The van der Waals surface area contributed by atoms with Gasteiger partial charge >= 0.3 is 0 Å². The van der Waals surface area contributed by atoms with E-state index in [4.69, 9.17) is 4.74 Å². The second-order valence-electron chi connectivity index (χ2n) is 5.23. The number of fused-ring (bicyclic) bond motifs is 1. The first kappa shape index (κ1) is 13.3. The van der Waals surface area contributed by atoms with Crippen molar-refractivity contribution in [3.63, 3.8) is 0 Å². The third-order valence-electron chi connectivity index (χ3n) is 3.95. The van der Waals surface area contributed by atoms with Gasteiger partial charge in [0, 0.05) is 13.1 Å². The van der Waals surface area contributed by atoms with Gasteiger partial charge in [-0.3, -0.25) is 9.78 Å². The molecule has 2 heterocycles. The van der Waals surface area contributed by atoms with Crippen molar-refractivity contribution in [3.05, 3.63) is 18.1 Å². The predicted octanol–water partition coefficient (Wildman–Crippen LogP) is 1.30. The normalized spacial score (nSPS) is 25.4. The number of morpholine rings is 1. The molecule has 1 aromatic heterocycles. The molecule has 2 fully saturated rings. The first-order chi connectivity index (χ1) is 9.79. The highest BCUT2D eigenvalue weighted by atomic mass is 16.5. The molecule has 1 aromatic rings. The number of hydrogen-bond acceptors (Lipinski definition) is 5. The summed E-state index contributed by atoms with van der Waals surface area (Å²) in [6.45, 7) is 4.01. The summed E-state index contributed by atoms with van der Waals surface area (Å²) in [5, 5.41) is 3.08. The van der Waals surface area contributed by atoms with Crippen LogP contribution in [0.1, 0.15) is 36.7 Å². The minimum Gasteiger partial charge on any atom is -0.374 e. The number of anilines is 1. The molecule has 1 saturated heterocycles. The minimum atomic E-state index is -0.0301. The number of carbonyl (C=O) groups is 1. The predicted molar refractivity (Wildman–Crippen MR) is 74.6 cm³/mol. The highest BCUT2D eigenvalue weighted by molar-refractivity contribution is 5.92. The molecule has 1 amide bonds. The van der Waals surface area contributed by atoms with Crippen LogP contribution in [0.25, 0.3) is 0 Å². The fraction of sp³-hybridized carbons (Fsp3) is 0.643. The molecule has 1 aliphatic heterocycles. The van der Waals surface area contributed by atoms with Gasteiger partial charge in [0.05, 0.1) is 31.1 Å². The van der Waals surface area contributed by atoms with Crippen molar-refractivity contribution in [2.24, 2.45) is 0 Å². The van der Waals surface area contributed by atoms with E-state index in [1.807, 2.05) is 11.8 Å². The molecule has 2 atom stereocenters. The van der Waals surface area contributed by atoms with Crippen LogP contribution in [0.15, 0.2) is 12.4 Å². The van der Waals surface area contributed by atoms with Crippen molar-refractivity contribution in [3.8, 4) is 0 Å². The van der Waals surface area contributed by atoms with Crippen molar-refractivity contribution < 1.29 is 9.53 Å². The van der Waals surface area contributed by atoms with Gasteiger partial charge in [0.25, 0.3) is 5.91 Å². The van der Waals surface area contributed by atoms with Gasteiger partial charge in [-0.15, -0.1) is 0 Å². The van der Waals surface area contributed by atoms with Crippen LogP contribution < -0.4 is 5.32 Å². The highest BCUT2D eigenvalue weighted by Gasteiger charge is 2.39. The average Bonchev–Trinajstić information content (AvgIpc) is 2.95. The van der Waals surface area contributed by atoms with Gasteiger partial charge in [0.2, 0.25) is 0 Å². The molecular formula is C14H20N4O2. The lowest BCUT2D eigenvalue weighted by Gasteiger charge is -2.37. The molecular weight excluding hydrogens is 256 g/mol. The molecule has 0 bridgehead atoms. The van der Waals surface area contributed by atoms with Crippen LogP contribution in [-0.2, 0) is 4.74 Å². The van der Waals surface area contributed by atoms with E-state index in [9.17, 15) is 4.79 Å². The van der Waals surface area contributed by atoms with Crippen LogP contribution in [0.4, 0.5) is 5.82 Å². The average molecular weight is 276 g/mol. The SMILES string of the molecule is CCNc1cncc(C(=O)N2CCOC3CCCC32)n1. The van der Waals surface area contributed by atoms with E-state index in [0.29, 0.717) is 24.7 Å². The second kappa shape index (κ2) is 5.75. The van der Waals surface area contributed by atoms with Crippen molar-refractivity contribution >= 4 is 11.7 Å². The second-order valence-corrected chi connectivity index (χ2v) is 5.23. The van der Waals surface area contributed by atoms with Crippen LogP contribution in [0, 0.1) is 0 Å². The maximum absolute atomic E-state index is 12.6. The molecule has 0 radical (unpaired) electrons. The summed E-state index contributed by atoms with van der Waals surface area (Å²) < 4.78 is 5.74. The van der Waals surface area contributed by atoms with Crippen molar-refractivity contribution in [2.75, 3.05) is 25.0 Å². The van der Waals surface area contributed by atoms with E-state index in [1.54, 1.807) is 12.4 Å². The first-order valence-electron chi connectivity index (χ1n) is 7.28. The summed E-state index contributed by atoms with van der Waals surface area (Å²) in [5.74, 6) is 0.618. The lowest BCUT2D eigenvalue weighted by Crippen LogP contribution is -2.51. The summed E-state index contributed by atoms with van der Waals surface area (Å²) in [5.41, 5.74) is 0.413. The molecule has 1 N–H and O–H groups in total. The Bertz CT molecular complexity index is 494. The number of rotatable bonds is 3. The van der Waals surface area contributed by atoms with E-state index in [1.165, 1.54) is 0 Å². The fourth-order valence-electron chi connectivity index (χ4n) is 3.06. The Labute approximate surface area is 118 Å². The standard InChI is InChI=1S/C14H20N4O2/c1-2-16-13-9-15-8-10(17-13)14(19)18-6-7-20-12-5-3-4-11(12)18/h8-9,11-12H,2-7H2,1H3,(H,16,17). The van der Waals surface area contributed by atoms with Gasteiger partial charge in [-0.2, -0.15) is 0 Å². The number of aromatic nitrogens is 2. The Morgan fingerprint density at radius 3 is 3.25 bits per heavy atom. The number of nitrogens with one attached hydrogen (secondary N) is 1. The van der Waals surface area contributed by atoms with Crippen LogP contribution in [0.5, 0.6) is 0 Å². The number of ether oxygens (including phenoxy) is 1. The number of nitrogens with zero attached hydrogens (tertiary/aromatic N) is 3. The molecule has 1 aliphatic carbocycles. The van der Waals surface area contributed by atoms with Gasteiger partial charge in [-0.1, -0.05) is 0 Å². The summed E-state index contributed by atoms with van der Waals surface area (Å²) in [7, 11) is 0. The third-order valence-corrected chi connectivity index (χ3v) is 3.95. The molecule has 0 aromatic carbocycles. The smallest absolute Gasteiger partial charge is 0.274 e. The summed E-state index contributed by atoms with van der Waals surface area (Å²) in [6.07, 6.45) is 6.59. The van der Waals surface area contributed by atoms with E-state index < -0.39 is 0 Å². The summed E-state index contributed by atoms with van der Waals surface area (Å²) >= 11 is 0. The lowest BCUT2D eigenvalue weighted by molar-refractivity contribution is -0.0447. The highest BCUT2D eigenvalue weighted by Crippen LogP contribution is 2.30. The van der Waals surface area contributed by atoms with E-state index in [2.05, 4.69) is 15.3 Å². The monoisotopic (exact) mass is 276 g/mol. The van der Waals surface area contributed by atoms with Gasteiger partial charge in [-0.25, -0.2) is 4.98 Å². The Kier molecular flexibility index (Phi) is 3.82. The van der Waals surface area contributed by atoms with Gasteiger partial charge in [0.1, 0.15) is 11.5 Å². The molecule has 0 spiro atoms. The molecule has 2 unspecified atom stereocenters. The van der Waals surface area contributed by atoms with Gasteiger partial charge in [-0.05, 0) is 26.2 Å². The van der Waals surface area contributed by atoms with Crippen LogP contribution in [0.3, 0.4) is 0 Å². The zero-order valence-corrected chi connectivity index (χ0v) is 11.7. The van der Waals surface area contributed by atoms with Crippen LogP contribution >= 0.6 is 0 Å². The molecule has 3 rings (SSSR count). The summed E-state index contributed by atoms with van der Waals surface area (Å²) in [6, 6.07) is 0.209. The summed E-state index contributed by atoms with van der Waals surface area (Å²) in [4.78, 5) is 23.0. The topological polar surface area (TPSA) is 67.4 Å². The Hall–Kier alpha value is -1.69.